The predicted octanol–water partition coefficient (Wildman–Crippen LogP) is 0.242. The second-order valence-corrected chi connectivity index (χ2v) is 4.83. The highest BCUT2D eigenvalue weighted by atomic mass is 16.2. The standard InChI is InChI=1S/C13H15N3O2/c14-5-8-3-12(17)16(7-8)10-1-2-11-9(4-10)6-15-13(11)18/h1-2,4,8H,3,5-7,14H2,(H,15,18). The second kappa shape index (κ2) is 4.10. The minimum atomic E-state index is -0.0378. The number of nitrogens with one attached hydrogen (secondary N) is 1. The molecule has 2 aliphatic rings. The average Bonchev–Trinajstić information content (AvgIpc) is 2.93. The quantitative estimate of drug-likeness (QED) is 0.783. The van der Waals surface area contributed by atoms with Gasteiger partial charge in [-0.3, -0.25) is 9.59 Å². The molecule has 0 bridgehead atoms. The Morgan fingerprint density at radius 1 is 1.39 bits per heavy atom. The lowest BCUT2D eigenvalue weighted by Gasteiger charge is -2.17. The van der Waals surface area contributed by atoms with Gasteiger partial charge in [0.2, 0.25) is 5.91 Å². The summed E-state index contributed by atoms with van der Waals surface area (Å²) >= 11 is 0. The highest BCUT2D eigenvalue weighted by Crippen LogP contribution is 2.28. The number of rotatable bonds is 2. The fourth-order valence-corrected chi connectivity index (χ4v) is 2.58. The molecule has 0 radical (unpaired) electrons. The van der Waals surface area contributed by atoms with Crippen molar-refractivity contribution in [1.82, 2.24) is 5.32 Å². The minimum absolute atomic E-state index is 0.0378. The highest BCUT2D eigenvalue weighted by Gasteiger charge is 2.30. The highest BCUT2D eigenvalue weighted by molar-refractivity contribution is 6.00. The van der Waals surface area contributed by atoms with Crippen LogP contribution in [0.25, 0.3) is 0 Å². The molecule has 1 fully saturated rings. The van der Waals surface area contributed by atoms with E-state index in [0.29, 0.717) is 31.6 Å². The maximum atomic E-state index is 11.9. The topological polar surface area (TPSA) is 75.4 Å². The first-order valence-corrected chi connectivity index (χ1v) is 6.10. The Hall–Kier alpha value is -1.88. The third kappa shape index (κ3) is 1.67. The number of nitrogens with two attached hydrogens (primary N) is 1. The van der Waals surface area contributed by atoms with Gasteiger partial charge in [0.05, 0.1) is 0 Å². The molecule has 1 atom stereocenters. The summed E-state index contributed by atoms with van der Waals surface area (Å²) in [5, 5.41) is 2.77. The molecule has 1 aromatic carbocycles. The van der Waals surface area contributed by atoms with Crippen LogP contribution in [0.5, 0.6) is 0 Å². The lowest BCUT2D eigenvalue weighted by molar-refractivity contribution is -0.117. The molecule has 1 unspecified atom stereocenters. The van der Waals surface area contributed by atoms with E-state index in [1.165, 1.54) is 0 Å². The Balaban J connectivity index is 1.90. The molecule has 1 aromatic rings. The maximum absolute atomic E-state index is 11.9. The molecule has 0 spiro atoms. The molecule has 0 aromatic heterocycles. The van der Waals surface area contributed by atoms with Crippen LogP contribution in [0.2, 0.25) is 0 Å². The molecule has 1 saturated heterocycles. The smallest absolute Gasteiger partial charge is 0.251 e. The first-order chi connectivity index (χ1) is 8.69. The monoisotopic (exact) mass is 245 g/mol. The van der Waals surface area contributed by atoms with E-state index in [0.717, 1.165) is 11.3 Å². The molecular weight excluding hydrogens is 230 g/mol. The third-order valence-electron chi connectivity index (χ3n) is 3.62. The Morgan fingerprint density at radius 3 is 2.94 bits per heavy atom. The van der Waals surface area contributed by atoms with Gasteiger partial charge in [0.15, 0.2) is 0 Å². The average molecular weight is 245 g/mol. The molecule has 0 saturated carbocycles. The van der Waals surface area contributed by atoms with E-state index < -0.39 is 0 Å². The maximum Gasteiger partial charge on any atom is 0.251 e. The van der Waals surface area contributed by atoms with Crippen LogP contribution < -0.4 is 16.0 Å². The molecule has 2 heterocycles. The van der Waals surface area contributed by atoms with Crippen LogP contribution in [0.1, 0.15) is 22.3 Å². The van der Waals surface area contributed by atoms with Crippen LogP contribution in [-0.2, 0) is 11.3 Å². The van der Waals surface area contributed by atoms with Crippen molar-refractivity contribution in [3.8, 4) is 0 Å². The van der Waals surface area contributed by atoms with E-state index in [1.807, 2.05) is 12.1 Å². The fraction of sp³-hybridized carbons (Fsp3) is 0.385. The van der Waals surface area contributed by atoms with Gasteiger partial charge in [-0.15, -0.1) is 0 Å². The molecule has 94 valence electrons. The van der Waals surface area contributed by atoms with E-state index in [2.05, 4.69) is 5.32 Å². The first kappa shape index (κ1) is 11.2. The number of nitrogens with zero attached hydrogens (tertiary/aromatic N) is 1. The number of hydrogen-bond acceptors (Lipinski definition) is 3. The number of amides is 2. The van der Waals surface area contributed by atoms with E-state index in [-0.39, 0.29) is 17.7 Å². The van der Waals surface area contributed by atoms with Crippen LogP contribution in [-0.4, -0.2) is 24.9 Å². The molecule has 5 nitrogen and oxygen atoms in total. The largest absolute Gasteiger partial charge is 0.348 e. The van der Waals surface area contributed by atoms with Gasteiger partial charge in [-0.05, 0) is 36.2 Å². The van der Waals surface area contributed by atoms with Crippen LogP contribution in [0.4, 0.5) is 5.69 Å². The Kier molecular flexibility index (Phi) is 2.56. The van der Waals surface area contributed by atoms with Crippen molar-refractivity contribution in [2.24, 2.45) is 11.7 Å². The van der Waals surface area contributed by atoms with Gasteiger partial charge in [0, 0.05) is 30.8 Å². The summed E-state index contributed by atoms with van der Waals surface area (Å²) in [4.78, 5) is 25.1. The summed E-state index contributed by atoms with van der Waals surface area (Å²) in [6, 6.07) is 5.54. The lowest BCUT2D eigenvalue weighted by atomic mass is 10.1. The number of carbonyl (C=O) groups is 2. The van der Waals surface area contributed by atoms with Gasteiger partial charge in [0.25, 0.3) is 5.91 Å². The number of hydrogen-bond donors (Lipinski definition) is 2. The fourth-order valence-electron chi connectivity index (χ4n) is 2.58. The zero-order chi connectivity index (χ0) is 12.7. The number of carbonyl (C=O) groups excluding carboxylic acids is 2. The van der Waals surface area contributed by atoms with Crippen LogP contribution in [0, 0.1) is 5.92 Å². The van der Waals surface area contributed by atoms with Crippen molar-refractivity contribution in [3.63, 3.8) is 0 Å². The lowest BCUT2D eigenvalue weighted by Crippen LogP contribution is -2.25. The van der Waals surface area contributed by atoms with Crippen LogP contribution >= 0.6 is 0 Å². The summed E-state index contributed by atoms with van der Waals surface area (Å²) in [6.07, 6.45) is 0.519. The van der Waals surface area contributed by atoms with Crippen molar-refractivity contribution >= 4 is 17.5 Å². The van der Waals surface area contributed by atoms with Gasteiger partial charge < -0.3 is 16.0 Å². The van der Waals surface area contributed by atoms with Gasteiger partial charge in [-0.1, -0.05) is 0 Å². The summed E-state index contributed by atoms with van der Waals surface area (Å²) in [5.74, 6) is 0.317. The molecule has 2 amide bonds. The normalized spacial score (nSPS) is 22.3. The van der Waals surface area contributed by atoms with Crippen molar-refractivity contribution in [2.75, 3.05) is 18.0 Å². The van der Waals surface area contributed by atoms with Crippen molar-refractivity contribution in [2.45, 2.75) is 13.0 Å². The SMILES string of the molecule is NCC1CC(=O)N(c2ccc3c(c2)CNC3=O)C1. The van der Waals surface area contributed by atoms with Crippen molar-refractivity contribution < 1.29 is 9.59 Å². The molecule has 5 heteroatoms. The van der Waals surface area contributed by atoms with Crippen molar-refractivity contribution in [1.29, 1.82) is 0 Å². The van der Waals surface area contributed by atoms with Gasteiger partial charge in [-0.2, -0.15) is 0 Å². The van der Waals surface area contributed by atoms with E-state index in [1.54, 1.807) is 11.0 Å². The molecule has 3 rings (SSSR count). The zero-order valence-corrected chi connectivity index (χ0v) is 9.98. The van der Waals surface area contributed by atoms with Gasteiger partial charge in [0.1, 0.15) is 0 Å². The Morgan fingerprint density at radius 2 is 2.22 bits per heavy atom. The van der Waals surface area contributed by atoms with Gasteiger partial charge in [-0.25, -0.2) is 0 Å². The Labute approximate surface area is 105 Å². The van der Waals surface area contributed by atoms with Crippen LogP contribution in [0.15, 0.2) is 18.2 Å². The third-order valence-corrected chi connectivity index (χ3v) is 3.62. The predicted molar refractivity (Wildman–Crippen MR) is 67.1 cm³/mol. The van der Waals surface area contributed by atoms with E-state index in [4.69, 9.17) is 5.73 Å². The molecule has 0 aliphatic carbocycles. The molecular formula is C13H15N3O2. The Bertz CT molecular complexity index is 527. The number of fused-ring (bicyclic) bond motifs is 1. The van der Waals surface area contributed by atoms with E-state index >= 15 is 0 Å². The summed E-state index contributed by atoms with van der Waals surface area (Å²) < 4.78 is 0. The van der Waals surface area contributed by atoms with Crippen molar-refractivity contribution in [3.05, 3.63) is 29.3 Å². The summed E-state index contributed by atoms with van der Waals surface area (Å²) in [7, 11) is 0. The number of benzene rings is 1. The van der Waals surface area contributed by atoms with Crippen LogP contribution in [0.3, 0.4) is 0 Å². The molecule has 18 heavy (non-hydrogen) atoms. The minimum Gasteiger partial charge on any atom is -0.348 e. The molecule has 3 N–H and O–H groups in total. The number of anilines is 1. The van der Waals surface area contributed by atoms with Gasteiger partial charge >= 0.3 is 0 Å². The first-order valence-electron chi connectivity index (χ1n) is 6.10. The van der Waals surface area contributed by atoms with E-state index in [9.17, 15) is 9.59 Å². The summed E-state index contributed by atoms with van der Waals surface area (Å²) in [6.45, 7) is 1.76. The second-order valence-electron chi connectivity index (χ2n) is 4.83. The summed E-state index contributed by atoms with van der Waals surface area (Å²) in [5.41, 5.74) is 8.15. The molecule has 2 aliphatic heterocycles. The zero-order valence-electron chi connectivity index (χ0n) is 9.98.